The van der Waals surface area contributed by atoms with E-state index in [1.807, 2.05) is 0 Å². The highest BCUT2D eigenvalue weighted by atomic mass is 16.7. The summed E-state index contributed by atoms with van der Waals surface area (Å²) >= 11 is 0. The molecule has 9 nitrogen and oxygen atoms in total. The quantitative estimate of drug-likeness (QED) is 0.375. The van der Waals surface area contributed by atoms with Crippen LogP contribution in [0.1, 0.15) is 27.7 Å². The van der Waals surface area contributed by atoms with Crippen molar-refractivity contribution in [3.05, 3.63) is 12.7 Å². The average molecular weight is 358 g/mol. The molecule has 0 aromatic heterocycles. The minimum Gasteiger partial charge on any atom is -0.463 e. The van der Waals surface area contributed by atoms with Crippen LogP contribution < -0.4 is 0 Å². The minimum absolute atomic E-state index is 0.248. The highest BCUT2D eigenvalue weighted by Crippen LogP contribution is 2.29. The van der Waals surface area contributed by atoms with Crippen LogP contribution in [0.4, 0.5) is 0 Å². The molecule has 0 amide bonds. The van der Waals surface area contributed by atoms with E-state index in [0.29, 0.717) is 0 Å². The molecule has 1 saturated heterocycles. The number of ether oxygens (including phenoxy) is 5. The van der Waals surface area contributed by atoms with Gasteiger partial charge in [0.1, 0.15) is 18.8 Å². The lowest BCUT2D eigenvalue weighted by Crippen LogP contribution is -2.61. The van der Waals surface area contributed by atoms with E-state index in [-0.39, 0.29) is 6.61 Å². The van der Waals surface area contributed by atoms with Crippen molar-refractivity contribution in [1.29, 1.82) is 0 Å². The van der Waals surface area contributed by atoms with E-state index in [4.69, 9.17) is 23.7 Å². The lowest BCUT2D eigenvalue weighted by atomic mass is 9.94. The van der Waals surface area contributed by atoms with Gasteiger partial charge in [-0.15, -0.1) is 6.58 Å². The molecule has 1 rings (SSSR count). The number of rotatable bonds is 6. The van der Waals surface area contributed by atoms with Crippen LogP contribution in [-0.2, 0) is 42.9 Å². The maximum Gasteiger partial charge on any atom is 0.303 e. The van der Waals surface area contributed by atoms with E-state index < -0.39 is 54.4 Å². The normalized spacial score (nSPS) is 28.4. The van der Waals surface area contributed by atoms with Gasteiger partial charge in [0.2, 0.25) is 0 Å². The van der Waals surface area contributed by atoms with Crippen LogP contribution in [0.3, 0.4) is 0 Å². The van der Waals surface area contributed by atoms with Gasteiger partial charge in [0.25, 0.3) is 0 Å². The molecule has 0 bridgehead atoms. The number of carbonyl (C=O) groups is 4. The number of hydrogen-bond acceptors (Lipinski definition) is 9. The molecule has 0 radical (unpaired) electrons. The lowest BCUT2D eigenvalue weighted by molar-refractivity contribution is -0.244. The Labute approximate surface area is 145 Å². The van der Waals surface area contributed by atoms with Gasteiger partial charge in [0.15, 0.2) is 18.3 Å². The van der Waals surface area contributed by atoms with Crippen molar-refractivity contribution in [2.45, 2.75) is 58.2 Å². The monoisotopic (exact) mass is 358 g/mol. The highest BCUT2D eigenvalue weighted by Gasteiger charge is 2.51. The Balaban J connectivity index is 3.20. The van der Waals surface area contributed by atoms with Crippen LogP contribution in [-0.4, -0.2) is 61.0 Å². The van der Waals surface area contributed by atoms with Crippen LogP contribution in [0, 0.1) is 0 Å². The molecule has 9 heteroatoms. The Morgan fingerprint density at radius 3 is 1.76 bits per heavy atom. The second-order valence-electron chi connectivity index (χ2n) is 5.40. The molecule has 25 heavy (non-hydrogen) atoms. The van der Waals surface area contributed by atoms with Crippen molar-refractivity contribution < 1.29 is 42.9 Å². The molecule has 2 unspecified atom stereocenters. The van der Waals surface area contributed by atoms with Crippen LogP contribution in [0.2, 0.25) is 0 Å². The van der Waals surface area contributed by atoms with Gasteiger partial charge in [-0.2, -0.15) is 0 Å². The molecular formula is C16H22O9. The van der Waals surface area contributed by atoms with Gasteiger partial charge in [-0.3, -0.25) is 19.2 Å². The van der Waals surface area contributed by atoms with Crippen molar-refractivity contribution in [3.8, 4) is 0 Å². The zero-order valence-electron chi connectivity index (χ0n) is 14.6. The van der Waals surface area contributed by atoms with Crippen molar-refractivity contribution in [2.24, 2.45) is 0 Å². The molecular weight excluding hydrogens is 336 g/mol. The van der Waals surface area contributed by atoms with Gasteiger partial charge >= 0.3 is 23.9 Å². The van der Waals surface area contributed by atoms with E-state index >= 15 is 0 Å². The van der Waals surface area contributed by atoms with Crippen LogP contribution in [0.5, 0.6) is 0 Å². The maximum absolute atomic E-state index is 11.5. The molecule has 1 heterocycles. The third kappa shape index (κ3) is 6.18. The molecule has 1 aliphatic rings. The summed E-state index contributed by atoms with van der Waals surface area (Å²) in [7, 11) is 0. The Morgan fingerprint density at radius 2 is 1.32 bits per heavy atom. The molecule has 0 aliphatic carbocycles. The number of hydrogen-bond donors (Lipinski definition) is 0. The average Bonchev–Trinajstić information content (AvgIpc) is 2.48. The third-order valence-electron chi connectivity index (χ3n) is 3.26. The minimum atomic E-state index is -1.15. The zero-order valence-corrected chi connectivity index (χ0v) is 14.6. The Hall–Kier alpha value is -2.42. The summed E-state index contributed by atoms with van der Waals surface area (Å²) in [6, 6.07) is 0. The van der Waals surface area contributed by atoms with Crippen molar-refractivity contribution >= 4 is 23.9 Å². The summed E-state index contributed by atoms with van der Waals surface area (Å²) in [6.07, 6.45) is -3.80. The summed E-state index contributed by atoms with van der Waals surface area (Å²) < 4.78 is 26.2. The molecule has 0 aromatic carbocycles. The van der Waals surface area contributed by atoms with Crippen molar-refractivity contribution in [3.63, 3.8) is 0 Å². The van der Waals surface area contributed by atoms with Crippen molar-refractivity contribution in [1.82, 2.24) is 0 Å². The Kier molecular flexibility index (Phi) is 7.56. The molecule has 0 saturated carbocycles. The first-order valence-corrected chi connectivity index (χ1v) is 7.58. The SMILES string of the molecule is C=C[C@@H]1OC(COC(C)=O)[C@H](OC(C)=O)C(OC(C)=O)[C@H]1OC(C)=O. The first kappa shape index (κ1) is 20.6. The van der Waals surface area contributed by atoms with Crippen LogP contribution >= 0.6 is 0 Å². The first-order chi connectivity index (χ1) is 11.6. The predicted molar refractivity (Wildman–Crippen MR) is 82.2 cm³/mol. The molecule has 1 aliphatic heterocycles. The molecule has 5 atom stereocenters. The summed E-state index contributed by atoms with van der Waals surface area (Å²) in [5.41, 5.74) is 0. The van der Waals surface area contributed by atoms with Gasteiger partial charge in [-0.1, -0.05) is 6.08 Å². The van der Waals surface area contributed by atoms with E-state index in [1.54, 1.807) is 0 Å². The van der Waals surface area contributed by atoms with Gasteiger partial charge in [0, 0.05) is 27.7 Å². The van der Waals surface area contributed by atoms with Crippen molar-refractivity contribution in [2.75, 3.05) is 6.61 Å². The fourth-order valence-corrected chi connectivity index (χ4v) is 2.45. The second-order valence-corrected chi connectivity index (χ2v) is 5.40. The van der Waals surface area contributed by atoms with Gasteiger partial charge < -0.3 is 23.7 Å². The smallest absolute Gasteiger partial charge is 0.303 e. The van der Waals surface area contributed by atoms with E-state index in [9.17, 15) is 19.2 Å². The number of carbonyl (C=O) groups excluding carboxylic acids is 4. The Morgan fingerprint density at radius 1 is 0.840 bits per heavy atom. The fourth-order valence-electron chi connectivity index (χ4n) is 2.45. The van der Waals surface area contributed by atoms with Crippen LogP contribution in [0.25, 0.3) is 0 Å². The summed E-state index contributed by atoms with van der Waals surface area (Å²) in [4.78, 5) is 45.4. The van der Waals surface area contributed by atoms with Gasteiger partial charge in [0.05, 0.1) is 0 Å². The molecule has 1 fully saturated rings. The maximum atomic E-state index is 11.5. The Bertz CT molecular complexity index is 542. The van der Waals surface area contributed by atoms with Gasteiger partial charge in [-0.05, 0) is 0 Å². The topological polar surface area (TPSA) is 114 Å². The highest BCUT2D eigenvalue weighted by molar-refractivity contribution is 5.68. The number of esters is 4. The second kappa shape index (κ2) is 9.16. The zero-order chi connectivity index (χ0) is 19.1. The lowest BCUT2D eigenvalue weighted by Gasteiger charge is -2.43. The summed E-state index contributed by atoms with van der Waals surface area (Å²) in [6.45, 7) is 8.06. The fraction of sp³-hybridized carbons (Fsp3) is 0.625. The molecule has 0 N–H and O–H groups in total. The summed E-state index contributed by atoms with van der Waals surface area (Å²) in [5.74, 6) is -2.54. The first-order valence-electron chi connectivity index (χ1n) is 7.58. The third-order valence-corrected chi connectivity index (χ3v) is 3.26. The predicted octanol–water partition coefficient (Wildman–Crippen LogP) is 0.298. The summed E-state index contributed by atoms with van der Waals surface area (Å²) in [5, 5.41) is 0. The molecule has 0 spiro atoms. The van der Waals surface area contributed by atoms with E-state index in [1.165, 1.54) is 19.9 Å². The molecule has 0 aromatic rings. The standard InChI is InChI=1S/C16H22O9/c1-6-12-14(22-9(3)18)16(24-11(5)20)15(23-10(4)19)13(25-12)7-21-8(2)17/h6,12-16H,1,7H2,2-5H3/t12-,13?,14-,15-,16?/m0/s1. The van der Waals surface area contributed by atoms with Gasteiger partial charge in [-0.25, -0.2) is 0 Å². The molecule has 140 valence electrons. The van der Waals surface area contributed by atoms with Crippen LogP contribution in [0.15, 0.2) is 12.7 Å². The van der Waals surface area contributed by atoms with E-state index in [2.05, 4.69) is 6.58 Å². The van der Waals surface area contributed by atoms with E-state index in [0.717, 1.165) is 13.8 Å². The largest absolute Gasteiger partial charge is 0.463 e.